The van der Waals surface area contributed by atoms with Gasteiger partial charge in [0, 0.05) is 11.8 Å². The maximum absolute atomic E-state index is 11.7. The van der Waals surface area contributed by atoms with Crippen LogP contribution in [-0.4, -0.2) is 23.8 Å². The van der Waals surface area contributed by atoms with Crippen molar-refractivity contribution in [2.75, 3.05) is 0 Å². The van der Waals surface area contributed by atoms with Crippen LogP contribution >= 0.6 is 0 Å². The zero-order valence-electron chi connectivity index (χ0n) is 14.8. The largest absolute Gasteiger partial charge is 0.392 e. The Morgan fingerprint density at radius 2 is 2.04 bits per heavy atom. The number of hydrogen-bond donors (Lipinski definition) is 1. The second kappa shape index (κ2) is 9.61. The minimum Gasteiger partial charge on any atom is -0.392 e. The Kier molecular flexibility index (Phi) is 8.18. The van der Waals surface area contributed by atoms with Gasteiger partial charge in [0.25, 0.3) is 0 Å². The van der Waals surface area contributed by atoms with E-state index in [1.807, 2.05) is 19.1 Å². The Bertz CT molecular complexity index is 495. The first-order valence-electron chi connectivity index (χ1n) is 8.48. The van der Waals surface area contributed by atoms with E-state index in [0.717, 1.165) is 31.0 Å². The van der Waals surface area contributed by atoms with Crippen molar-refractivity contribution in [3.63, 3.8) is 0 Å². The molecule has 0 spiro atoms. The fourth-order valence-electron chi connectivity index (χ4n) is 3.40. The van der Waals surface area contributed by atoms with Gasteiger partial charge in [-0.1, -0.05) is 36.3 Å². The van der Waals surface area contributed by atoms with Gasteiger partial charge in [-0.3, -0.25) is 4.79 Å². The summed E-state index contributed by atoms with van der Waals surface area (Å²) in [6.07, 6.45) is 10.0. The molecule has 0 aliphatic heterocycles. The van der Waals surface area contributed by atoms with Gasteiger partial charge in [0.1, 0.15) is 12.6 Å². The molecule has 4 unspecified atom stereocenters. The highest BCUT2D eigenvalue weighted by Crippen LogP contribution is 2.34. The lowest BCUT2D eigenvalue weighted by atomic mass is 9.73. The molecule has 0 aromatic heterocycles. The van der Waals surface area contributed by atoms with Crippen molar-refractivity contribution < 1.29 is 14.7 Å². The summed E-state index contributed by atoms with van der Waals surface area (Å²) >= 11 is 0. The average Bonchev–Trinajstić information content (AvgIpc) is 2.53. The smallest absolute Gasteiger partial charge is 0.146 e. The Morgan fingerprint density at radius 3 is 2.61 bits per heavy atom. The van der Waals surface area contributed by atoms with Crippen molar-refractivity contribution in [1.29, 1.82) is 0 Å². The van der Waals surface area contributed by atoms with Gasteiger partial charge in [-0.2, -0.15) is 0 Å². The predicted octanol–water partition coefficient (Wildman–Crippen LogP) is 4.03. The van der Waals surface area contributed by atoms with Gasteiger partial charge in [0.05, 0.1) is 6.10 Å². The van der Waals surface area contributed by atoms with Crippen LogP contribution in [0.3, 0.4) is 0 Å². The fraction of sp³-hybridized carbons (Fsp3) is 0.600. The quantitative estimate of drug-likeness (QED) is 0.594. The minimum atomic E-state index is -0.607. The van der Waals surface area contributed by atoms with Gasteiger partial charge in [-0.05, 0) is 57.9 Å². The van der Waals surface area contributed by atoms with E-state index in [1.165, 1.54) is 5.57 Å². The lowest BCUT2D eigenvalue weighted by molar-refractivity contribution is -0.116. The van der Waals surface area contributed by atoms with Gasteiger partial charge in [-0.15, -0.1) is 0 Å². The summed E-state index contributed by atoms with van der Waals surface area (Å²) in [5.74, 6) is -0.593. The maximum atomic E-state index is 11.7. The normalized spacial score (nSPS) is 31.3. The van der Waals surface area contributed by atoms with Crippen molar-refractivity contribution in [2.45, 2.75) is 59.5 Å². The van der Waals surface area contributed by atoms with Crippen molar-refractivity contribution >= 4 is 12.6 Å². The third-order valence-corrected chi connectivity index (χ3v) is 4.71. The molecule has 0 amide bonds. The SMILES string of the molecule is CC(C)=CCCC(C)C1C(O)C/C(C)=C/C/C=C(/C=O)C1C=O. The second-order valence-corrected chi connectivity index (χ2v) is 6.95. The monoisotopic (exact) mass is 318 g/mol. The summed E-state index contributed by atoms with van der Waals surface area (Å²) in [5, 5.41) is 10.7. The number of rotatable bonds is 6. The van der Waals surface area contributed by atoms with Gasteiger partial charge >= 0.3 is 0 Å². The highest BCUT2D eigenvalue weighted by molar-refractivity contribution is 5.81. The zero-order chi connectivity index (χ0) is 17.4. The first kappa shape index (κ1) is 19.6. The molecule has 3 heteroatoms. The van der Waals surface area contributed by atoms with Gasteiger partial charge in [0.15, 0.2) is 0 Å². The van der Waals surface area contributed by atoms with E-state index in [4.69, 9.17) is 0 Å². The average molecular weight is 318 g/mol. The molecule has 1 aliphatic rings. The molecule has 0 aromatic rings. The number of carbonyl (C=O) groups is 2. The summed E-state index contributed by atoms with van der Waals surface area (Å²) in [4.78, 5) is 23.1. The summed E-state index contributed by atoms with van der Waals surface area (Å²) in [7, 11) is 0. The molecule has 1 aliphatic carbocycles. The van der Waals surface area contributed by atoms with Gasteiger partial charge in [-0.25, -0.2) is 0 Å². The molecule has 0 saturated heterocycles. The molecule has 23 heavy (non-hydrogen) atoms. The Labute approximate surface area is 140 Å². The van der Waals surface area contributed by atoms with E-state index in [-0.39, 0.29) is 11.8 Å². The molecule has 3 nitrogen and oxygen atoms in total. The lowest BCUT2D eigenvalue weighted by Crippen LogP contribution is -2.35. The Balaban J connectivity index is 3.07. The zero-order valence-corrected chi connectivity index (χ0v) is 14.8. The fourth-order valence-corrected chi connectivity index (χ4v) is 3.40. The van der Waals surface area contributed by atoms with Crippen LogP contribution < -0.4 is 0 Å². The van der Waals surface area contributed by atoms with Crippen molar-refractivity contribution in [3.8, 4) is 0 Å². The number of aliphatic hydroxyl groups excluding tert-OH is 1. The number of allylic oxidation sites excluding steroid dienone is 5. The van der Waals surface area contributed by atoms with Crippen LogP contribution in [0.25, 0.3) is 0 Å². The molecular formula is C20H30O3. The van der Waals surface area contributed by atoms with Crippen molar-refractivity contribution in [1.82, 2.24) is 0 Å². The van der Waals surface area contributed by atoms with E-state index in [9.17, 15) is 14.7 Å². The second-order valence-electron chi connectivity index (χ2n) is 6.95. The summed E-state index contributed by atoms with van der Waals surface area (Å²) in [6.45, 7) is 8.19. The highest BCUT2D eigenvalue weighted by Gasteiger charge is 2.35. The third kappa shape index (κ3) is 5.91. The third-order valence-electron chi connectivity index (χ3n) is 4.71. The van der Waals surface area contributed by atoms with Crippen molar-refractivity contribution in [2.24, 2.45) is 17.8 Å². The molecular weight excluding hydrogens is 288 g/mol. The van der Waals surface area contributed by atoms with E-state index in [1.54, 1.807) is 0 Å². The molecule has 1 rings (SSSR count). The molecule has 1 N–H and O–H groups in total. The van der Waals surface area contributed by atoms with E-state index in [2.05, 4.69) is 26.8 Å². The van der Waals surface area contributed by atoms with Crippen molar-refractivity contribution in [3.05, 3.63) is 34.9 Å². The van der Waals surface area contributed by atoms with E-state index >= 15 is 0 Å². The predicted molar refractivity (Wildman–Crippen MR) is 94.0 cm³/mol. The molecule has 0 saturated carbocycles. The molecule has 128 valence electrons. The Hall–Kier alpha value is -1.48. The molecule has 0 radical (unpaired) electrons. The first-order chi connectivity index (χ1) is 10.9. The maximum Gasteiger partial charge on any atom is 0.146 e. The van der Waals surface area contributed by atoms with Gasteiger partial charge in [0.2, 0.25) is 0 Å². The van der Waals surface area contributed by atoms with Crippen LogP contribution in [0.2, 0.25) is 0 Å². The number of aldehydes is 2. The number of hydrogen-bond acceptors (Lipinski definition) is 3. The first-order valence-corrected chi connectivity index (χ1v) is 8.48. The summed E-state index contributed by atoms with van der Waals surface area (Å²) < 4.78 is 0. The van der Waals surface area contributed by atoms with E-state index < -0.39 is 12.0 Å². The molecule has 4 atom stereocenters. The topological polar surface area (TPSA) is 54.4 Å². The van der Waals surface area contributed by atoms with Crippen LogP contribution in [0.5, 0.6) is 0 Å². The van der Waals surface area contributed by atoms with Crippen LogP contribution in [-0.2, 0) is 9.59 Å². The number of carbonyl (C=O) groups excluding carboxylic acids is 2. The summed E-state index contributed by atoms with van der Waals surface area (Å²) in [5.41, 5.74) is 2.88. The van der Waals surface area contributed by atoms with Crippen LogP contribution in [0, 0.1) is 17.8 Å². The minimum absolute atomic E-state index is 0.157. The van der Waals surface area contributed by atoms with Crippen LogP contribution in [0.1, 0.15) is 53.4 Å². The highest BCUT2D eigenvalue weighted by atomic mass is 16.3. The van der Waals surface area contributed by atoms with Crippen LogP contribution in [0.15, 0.2) is 34.9 Å². The molecule has 0 fully saturated rings. The van der Waals surface area contributed by atoms with Crippen LogP contribution in [0.4, 0.5) is 0 Å². The van der Waals surface area contributed by atoms with Gasteiger partial charge < -0.3 is 9.90 Å². The molecule has 0 bridgehead atoms. The Morgan fingerprint density at radius 1 is 1.35 bits per heavy atom. The van der Waals surface area contributed by atoms with E-state index in [0.29, 0.717) is 18.4 Å². The number of aliphatic hydroxyl groups is 1. The standard InChI is InChI=1S/C20H30O3/c1-14(2)7-5-9-16(4)20-18(13-22)17(12-21)10-6-8-15(3)11-19(20)23/h7-8,10,12-13,16,18-20,23H,5-6,9,11H2,1-4H3/b15-8+,17-10-. The lowest BCUT2D eigenvalue weighted by Gasteiger charge is -2.33. The summed E-state index contributed by atoms with van der Waals surface area (Å²) in [6, 6.07) is 0. The molecule has 0 aromatic carbocycles. The molecule has 0 heterocycles.